The Hall–Kier alpha value is 1.88. The molecule has 0 heterocycles. The molecule has 0 unspecified atom stereocenters. The molecule has 0 rings (SSSR count). The van der Waals surface area contributed by atoms with Crippen molar-refractivity contribution in [2.24, 2.45) is 0 Å². The minimum atomic E-state index is 0. The minimum absolute atomic E-state index is 0. The normalized spacial score (nSPS) is 3.00. The van der Waals surface area contributed by atoms with Gasteiger partial charge >= 0.3 is 51.4 Å². The van der Waals surface area contributed by atoms with Crippen molar-refractivity contribution in [1.29, 1.82) is 0 Å². The maximum absolute atomic E-state index is 8.66. The second-order valence-electron chi connectivity index (χ2n) is 0.0680. The van der Waals surface area contributed by atoms with Crippen molar-refractivity contribution >= 4 is 21.4 Å². The summed E-state index contributed by atoms with van der Waals surface area (Å²) in [7, 11) is 0.0833. The van der Waals surface area contributed by atoms with Crippen LogP contribution in [0.5, 0.6) is 0 Å². The quantitative estimate of drug-likeness (QED) is 0.310. The summed E-state index contributed by atoms with van der Waals surface area (Å²) in [5.74, 6) is 0. The average Bonchev–Trinajstić information content (AvgIpc) is 0.918. The van der Waals surface area contributed by atoms with E-state index in [1.807, 2.05) is 0 Å². The summed E-state index contributed by atoms with van der Waals surface area (Å²) in [6.07, 6.45) is 0. The molecule has 18 valence electrons. The SMILES string of the molecule is O=S=S.[K+]. The van der Waals surface area contributed by atoms with E-state index in [-0.39, 0.29) is 61.6 Å². The van der Waals surface area contributed by atoms with Crippen LogP contribution in [0.25, 0.3) is 0 Å². The van der Waals surface area contributed by atoms with Crippen molar-refractivity contribution in [2.75, 3.05) is 0 Å². The first-order valence-electron chi connectivity index (χ1n) is 0.333. The van der Waals surface area contributed by atoms with Crippen LogP contribution in [0.15, 0.2) is 0 Å². The molecular formula is KOS2+. The summed E-state index contributed by atoms with van der Waals surface area (Å²) < 4.78 is 8.66. The molecule has 0 saturated carbocycles. The number of hydrogen-bond acceptors (Lipinski definition) is 2. The summed E-state index contributed by atoms with van der Waals surface area (Å²) in [6, 6.07) is 0. The Labute approximate surface area is 75.3 Å². The zero-order valence-corrected chi connectivity index (χ0v) is 6.98. The molecule has 0 aromatic rings. The molecule has 0 aliphatic heterocycles. The molecule has 4 heavy (non-hydrogen) atoms. The zero-order chi connectivity index (χ0) is 2.71. The van der Waals surface area contributed by atoms with Gasteiger partial charge in [-0.1, -0.05) is 0 Å². The second kappa shape index (κ2) is 8.86. The molecule has 0 amide bonds. The third-order valence-corrected chi connectivity index (χ3v) is 0. The average molecular weight is 119 g/mol. The van der Waals surface area contributed by atoms with Crippen molar-refractivity contribution in [2.45, 2.75) is 0 Å². The fourth-order valence-corrected chi connectivity index (χ4v) is 0. The molecule has 0 bridgehead atoms. The van der Waals surface area contributed by atoms with Gasteiger partial charge in [0.05, 0.1) is 0 Å². The van der Waals surface area contributed by atoms with Crippen LogP contribution in [0.2, 0.25) is 0 Å². The van der Waals surface area contributed by atoms with Gasteiger partial charge in [-0.2, -0.15) is 4.21 Å². The Balaban J connectivity index is 0. The van der Waals surface area contributed by atoms with Crippen LogP contribution in [-0.2, 0) is 21.4 Å². The molecule has 0 aromatic heterocycles. The Morgan fingerprint density at radius 3 is 1.75 bits per heavy atom. The minimum Gasteiger partial charge on any atom is -0.200 e. The van der Waals surface area contributed by atoms with E-state index in [4.69, 9.17) is 4.21 Å². The van der Waals surface area contributed by atoms with E-state index >= 15 is 0 Å². The zero-order valence-electron chi connectivity index (χ0n) is 2.22. The molecule has 0 saturated heterocycles. The monoisotopic (exact) mass is 119 g/mol. The van der Waals surface area contributed by atoms with E-state index < -0.39 is 0 Å². The Morgan fingerprint density at radius 2 is 1.75 bits per heavy atom. The van der Waals surface area contributed by atoms with Crippen molar-refractivity contribution in [3.8, 4) is 0 Å². The van der Waals surface area contributed by atoms with Crippen molar-refractivity contribution in [3.63, 3.8) is 0 Å². The molecule has 0 aliphatic carbocycles. The maximum Gasteiger partial charge on any atom is 1.00 e. The largest absolute Gasteiger partial charge is 1.00 e. The van der Waals surface area contributed by atoms with E-state index in [2.05, 4.69) is 11.2 Å². The van der Waals surface area contributed by atoms with E-state index in [0.717, 1.165) is 0 Å². The molecule has 1 nitrogen and oxygen atoms in total. The third kappa shape index (κ3) is 9.11. The second-order valence-corrected chi connectivity index (χ2v) is 0.612. The van der Waals surface area contributed by atoms with Crippen molar-refractivity contribution in [1.82, 2.24) is 0 Å². The first kappa shape index (κ1) is 9.30. The van der Waals surface area contributed by atoms with Gasteiger partial charge in [0.15, 0.2) is 10.2 Å². The van der Waals surface area contributed by atoms with Crippen LogP contribution in [-0.4, -0.2) is 4.21 Å². The number of rotatable bonds is 0. The van der Waals surface area contributed by atoms with Crippen LogP contribution in [0.1, 0.15) is 0 Å². The van der Waals surface area contributed by atoms with Crippen LogP contribution >= 0.6 is 0 Å². The standard InChI is InChI=1S/K.OS2/c;1-3-2/q+1;. The van der Waals surface area contributed by atoms with Crippen LogP contribution in [0.4, 0.5) is 0 Å². The molecule has 0 aromatic carbocycles. The molecule has 0 N–H and O–H groups in total. The number of hydrogen-bond donors (Lipinski definition) is 0. The van der Waals surface area contributed by atoms with Gasteiger partial charge in [0.2, 0.25) is 0 Å². The molecule has 0 atom stereocenters. The summed E-state index contributed by atoms with van der Waals surface area (Å²) in [6.45, 7) is 0. The van der Waals surface area contributed by atoms with Gasteiger partial charge in [0.25, 0.3) is 0 Å². The molecule has 0 fully saturated rings. The van der Waals surface area contributed by atoms with Gasteiger partial charge in [0, 0.05) is 11.2 Å². The van der Waals surface area contributed by atoms with E-state index in [1.54, 1.807) is 0 Å². The first-order valence-corrected chi connectivity index (χ1v) is 2.00. The predicted molar refractivity (Wildman–Crippen MR) is 15.5 cm³/mol. The molecule has 0 aliphatic rings. The summed E-state index contributed by atoms with van der Waals surface area (Å²) in [5, 5.41) is 0. The third-order valence-electron chi connectivity index (χ3n) is 0. The van der Waals surface area contributed by atoms with Crippen molar-refractivity contribution in [3.05, 3.63) is 0 Å². The predicted octanol–water partition coefficient (Wildman–Crippen LogP) is -3.33. The summed E-state index contributed by atoms with van der Waals surface area (Å²) in [4.78, 5) is 0. The first-order chi connectivity index (χ1) is 1.41. The smallest absolute Gasteiger partial charge is 0.200 e. The molecule has 4 heteroatoms. The van der Waals surface area contributed by atoms with E-state index in [9.17, 15) is 0 Å². The maximum atomic E-state index is 8.66. The van der Waals surface area contributed by atoms with Gasteiger partial charge in [-0.15, -0.1) is 0 Å². The van der Waals surface area contributed by atoms with Gasteiger partial charge in [-0.25, -0.2) is 0 Å². The van der Waals surface area contributed by atoms with Gasteiger partial charge < -0.3 is 0 Å². The topological polar surface area (TPSA) is 17.1 Å². The van der Waals surface area contributed by atoms with Gasteiger partial charge in [-0.3, -0.25) is 0 Å². The van der Waals surface area contributed by atoms with E-state index in [0.29, 0.717) is 0 Å². The Bertz CT molecular complexity index is 27.0. The molecule has 0 spiro atoms. The molecular weight excluding hydrogens is 119 g/mol. The summed E-state index contributed by atoms with van der Waals surface area (Å²) >= 11 is 3.75. The van der Waals surface area contributed by atoms with Crippen LogP contribution < -0.4 is 51.4 Å². The van der Waals surface area contributed by atoms with Crippen LogP contribution in [0, 0.1) is 0 Å². The van der Waals surface area contributed by atoms with Crippen LogP contribution in [0.3, 0.4) is 0 Å². The summed E-state index contributed by atoms with van der Waals surface area (Å²) in [5.41, 5.74) is 0. The van der Waals surface area contributed by atoms with Crippen molar-refractivity contribution < 1.29 is 55.6 Å². The Kier molecular flexibility index (Phi) is 20.6. The Morgan fingerprint density at radius 1 is 1.75 bits per heavy atom. The molecule has 0 radical (unpaired) electrons. The fraction of sp³-hybridized carbons (Fsp3) is 0. The van der Waals surface area contributed by atoms with Gasteiger partial charge in [0.1, 0.15) is 0 Å². The van der Waals surface area contributed by atoms with Gasteiger partial charge in [-0.05, 0) is 0 Å². The van der Waals surface area contributed by atoms with E-state index in [1.165, 1.54) is 0 Å². The fourth-order valence-electron chi connectivity index (χ4n) is 0.